The maximum atomic E-state index is 12.4. The first-order chi connectivity index (χ1) is 14.2. The van der Waals surface area contributed by atoms with Crippen LogP contribution in [0.5, 0.6) is 5.75 Å². The molecule has 3 aliphatic rings. The van der Waals surface area contributed by atoms with Gasteiger partial charge in [0.1, 0.15) is 5.75 Å². The van der Waals surface area contributed by atoms with E-state index in [1.54, 1.807) is 12.1 Å². The van der Waals surface area contributed by atoms with Crippen molar-refractivity contribution in [1.29, 1.82) is 0 Å². The first-order valence-corrected chi connectivity index (χ1v) is 10.7. The fourth-order valence-electron chi connectivity index (χ4n) is 5.35. The number of nitrogens with zero attached hydrogens (tertiary/aromatic N) is 2. The summed E-state index contributed by atoms with van der Waals surface area (Å²) in [6.45, 7) is 11.1. The van der Waals surface area contributed by atoms with Crippen LogP contribution >= 0.6 is 0 Å². The number of likely N-dealkylation sites (tertiary alicyclic amines) is 1. The van der Waals surface area contributed by atoms with Crippen LogP contribution in [-0.4, -0.2) is 41.3 Å². The predicted molar refractivity (Wildman–Crippen MR) is 111 cm³/mol. The highest BCUT2D eigenvalue weighted by Crippen LogP contribution is 2.43. The van der Waals surface area contributed by atoms with Crippen molar-refractivity contribution in [2.45, 2.75) is 58.1 Å². The van der Waals surface area contributed by atoms with Crippen LogP contribution in [0.1, 0.15) is 38.7 Å². The van der Waals surface area contributed by atoms with Crippen LogP contribution in [0.2, 0.25) is 0 Å². The minimum Gasteiger partial charge on any atom is -0.406 e. The Morgan fingerprint density at radius 3 is 2.60 bits per heavy atom. The maximum Gasteiger partial charge on any atom is 0.573 e. The van der Waals surface area contributed by atoms with Gasteiger partial charge in [-0.25, -0.2) is 0 Å². The number of allylic oxidation sites excluding steroid dienone is 1. The van der Waals surface area contributed by atoms with E-state index in [1.807, 2.05) is 0 Å². The van der Waals surface area contributed by atoms with Gasteiger partial charge in [-0.3, -0.25) is 4.90 Å². The Bertz CT molecular complexity index is 852. The molecule has 0 N–H and O–H groups in total. The Labute approximate surface area is 176 Å². The topological polar surface area (TPSA) is 15.7 Å². The molecule has 30 heavy (non-hydrogen) atoms. The van der Waals surface area contributed by atoms with Crippen molar-refractivity contribution in [1.82, 2.24) is 9.80 Å². The summed E-state index contributed by atoms with van der Waals surface area (Å²) in [5.41, 5.74) is 6.93. The Hall–Kier alpha value is -2.17. The van der Waals surface area contributed by atoms with Gasteiger partial charge >= 0.3 is 6.36 Å². The predicted octanol–water partition coefficient (Wildman–Crippen LogP) is 5.50. The number of halogens is 3. The van der Waals surface area contributed by atoms with E-state index >= 15 is 0 Å². The molecule has 2 fully saturated rings. The molecule has 1 aromatic carbocycles. The summed E-state index contributed by atoms with van der Waals surface area (Å²) < 4.78 is 41.1. The van der Waals surface area contributed by atoms with E-state index in [2.05, 4.69) is 46.8 Å². The second-order valence-corrected chi connectivity index (χ2v) is 8.96. The zero-order chi connectivity index (χ0) is 21.5. The summed E-state index contributed by atoms with van der Waals surface area (Å²) in [5, 5.41) is 0. The van der Waals surface area contributed by atoms with E-state index in [9.17, 15) is 13.2 Å². The lowest BCUT2D eigenvalue weighted by Crippen LogP contribution is -2.59. The van der Waals surface area contributed by atoms with E-state index in [0.717, 1.165) is 44.5 Å². The Morgan fingerprint density at radius 1 is 1.23 bits per heavy atom. The fourth-order valence-corrected chi connectivity index (χ4v) is 5.35. The lowest BCUT2D eigenvalue weighted by molar-refractivity contribution is -0.274. The zero-order valence-corrected chi connectivity index (χ0v) is 17.6. The molecule has 1 aromatic rings. The number of hydrogen-bond acceptors (Lipinski definition) is 3. The summed E-state index contributed by atoms with van der Waals surface area (Å²) in [7, 11) is 0. The van der Waals surface area contributed by atoms with Crippen LogP contribution in [0.15, 0.2) is 53.9 Å². The molecule has 4 rings (SSSR count). The number of benzene rings is 1. The number of ether oxygens (including phenoxy) is 1. The van der Waals surface area contributed by atoms with Gasteiger partial charge < -0.3 is 9.64 Å². The molecule has 0 spiro atoms. The first kappa shape index (κ1) is 21.1. The molecule has 3 atom stereocenters. The largest absolute Gasteiger partial charge is 0.573 e. The van der Waals surface area contributed by atoms with Crippen molar-refractivity contribution in [2.75, 3.05) is 13.1 Å². The fraction of sp³-hybridized carbons (Fsp3) is 0.542. The summed E-state index contributed by atoms with van der Waals surface area (Å²) in [6, 6.07) is 7.17. The number of rotatable bonds is 4. The molecule has 0 saturated carbocycles. The average molecular weight is 419 g/mol. The monoisotopic (exact) mass is 418 g/mol. The number of piperidine rings is 2. The molecule has 0 aromatic heterocycles. The van der Waals surface area contributed by atoms with Crippen LogP contribution in [0, 0.1) is 11.8 Å². The normalized spacial score (nSPS) is 26.9. The zero-order valence-electron chi connectivity index (χ0n) is 17.6. The molecule has 162 valence electrons. The van der Waals surface area contributed by atoms with Crippen molar-refractivity contribution in [3.63, 3.8) is 0 Å². The molecule has 0 radical (unpaired) electrons. The highest BCUT2D eigenvalue weighted by atomic mass is 19.4. The minimum atomic E-state index is -4.66. The second kappa shape index (κ2) is 8.16. The van der Waals surface area contributed by atoms with Crippen LogP contribution < -0.4 is 4.74 Å². The van der Waals surface area contributed by atoms with Crippen LogP contribution in [0.3, 0.4) is 0 Å². The van der Waals surface area contributed by atoms with Crippen molar-refractivity contribution in [3.8, 4) is 5.75 Å². The highest BCUT2D eigenvalue weighted by Gasteiger charge is 2.45. The van der Waals surface area contributed by atoms with Gasteiger partial charge in [0.2, 0.25) is 0 Å². The van der Waals surface area contributed by atoms with Crippen LogP contribution in [0.25, 0.3) is 0 Å². The molecule has 3 aliphatic heterocycles. The molecule has 3 heterocycles. The van der Waals surface area contributed by atoms with Crippen molar-refractivity contribution in [3.05, 3.63) is 59.5 Å². The standard InChI is InChI=1S/C24H29F3N2O/c1-4-20-9-7-18-14-28(13-17-5-10-21(11-6-17)30-24(25,26)27)15-19-8-12-22(16(2)3)29(20)23(18)19/h5-6,8,10-11,16,18,22-23H,1,7,9,12-15H2,2-3H3/t18-,22-,23?/m1/s1. The molecule has 6 heteroatoms. The van der Waals surface area contributed by atoms with Crippen molar-refractivity contribution in [2.24, 2.45) is 11.8 Å². The van der Waals surface area contributed by atoms with Gasteiger partial charge in [-0.05, 0) is 54.4 Å². The smallest absolute Gasteiger partial charge is 0.406 e. The Balaban J connectivity index is 1.49. The Kier molecular flexibility index (Phi) is 5.73. The molecule has 2 saturated heterocycles. The summed E-state index contributed by atoms with van der Waals surface area (Å²) in [6.07, 6.45) is 0.945. The maximum absolute atomic E-state index is 12.4. The third kappa shape index (κ3) is 4.30. The van der Waals surface area contributed by atoms with Gasteiger partial charge in [0, 0.05) is 25.7 Å². The van der Waals surface area contributed by atoms with Gasteiger partial charge in [-0.1, -0.05) is 38.6 Å². The minimum absolute atomic E-state index is 0.175. The second-order valence-electron chi connectivity index (χ2n) is 8.96. The first-order valence-electron chi connectivity index (χ1n) is 10.7. The van der Waals surface area contributed by atoms with Crippen molar-refractivity contribution < 1.29 is 17.9 Å². The molecular formula is C24H29F3N2O. The summed E-state index contributed by atoms with van der Waals surface area (Å²) >= 11 is 0. The van der Waals surface area contributed by atoms with Gasteiger partial charge in [-0.15, -0.1) is 18.9 Å². The van der Waals surface area contributed by atoms with E-state index < -0.39 is 6.36 Å². The van der Waals surface area contributed by atoms with Crippen LogP contribution in [0.4, 0.5) is 13.2 Å². The van der Waals surface area contributed by atoms with Crippen LogP contribution in [-0.2, 0) is 6.54 Å². The molecule has 0 aliphatic carbocycles. The SMILES string of the molecule is C=C=C1CC[C@@H]2CN(Cc3ccc(OC(F)(F)F)cc3)CC3=CC[C@H](C(C)C)N1C32. The molecule has 1 unspecified atom stereocenters. The molecule has 3 nitrogen and oxygen atoms in total. The molecular weight excluding hydrogens is 389 g/mol. The summed E-state index contributed by atoms with van der Waals surface area (Å²) in [4.78, 5) is 5.02. The quantitative estimate of drug-likeness (QED) is 0.474. The lowest BCUT2D eigenvalue weighted by Gasteiger charge is -2.55. The number of alkyl halides is 3. The van der Waals surface area contributed by atoms with E-state index in [4.69, 9.17) is 0 Å². The van der Waals surface area contributed by atoms with E-state index in [0.29, 0.717) is 23.9 Å². The average Bonchev–Trinajstić information content (AvgIpc) is 2.68. The molecule has 0 bridgehead atoms. The van der Waals surface area contributed by atoms with E-state index in [1.165, 1.54) is 23.4 Å². The third-order valence-electron chi connectivity index (χ3n) is 6.60. The van der Waals surface area contributed by atoms with Gasteiger partial charge in [-0.2, -0.15) is 0 Å². The highest BCUT2D eigenvalue weighted by molar-refractivity contribution is 5.30. The van der Waals surface area contributed by atoms with E-state index in [-0.39, 0.29) is 5.75 Å². The molecule has 0 amide bonds. The number of hydrogen-bond donors (Lipinski definition) is 0. The van der Waals surface area contributed by atoms with Gasteiger partial charge in [0.15, 0.2) is 0 Å². The van der Waals surface area contributed by atoms with Crippen molar-refractivity contribution >= 4 is 0 Å². The summed E-state index contributed by atoms with van der Waals surface area (Å²) in [5.74, 6) is 0.947. The Morgan fingerprint density at radius 2 is 1.97 bits per heavy atom. The van der Waals surface area contributed by atoms with Gasteiger partial charge in [0.25, 0.3) is 0 Å². The third-order valence-corrected chi connectivity index (χ3v) is 6.60. The van der Waals surface area contributed by atoms with Gasteiger partial charge in [0.05, 0.1) is 11.7 Å². The lowest BCUT2D eigenvalue weighted by atomic mass is 9.74.